The van der Waals surface area contributed by atoms with E-state index in [1.807, 2.05) is 37.3 Å². The number of carbonyl (C=O) groups is 1. The van der Waals surface area contributed by atoms with Gasteiger partial charge in [-0.1, -0.05) is 96.2 Å². The van der Waals surface area contributed by atoms with Crippen LogP contribution in [-0.2, 0) is 12.8 Å². The van der Waals surface area contributed by atoms with Crippen molar-refractivity contribution in [1.82, 2.24) is 4.31 Å². The summed E-state index contributed by atoms with van der Waals surface area (Å²) in [4.78, 5) is 13.2. The Balaban J connectivity index is 1.97. The molecule has 0 fully saturated rings. The smallest absolute Gasteiger partial charge is 0.263 e. The Kier molecular flexibility index (Phi) is 14.9. The molecule has 1 amide bonds. The van der Waals surface area contributed by atoms with Crippen molar-refractivity contribution in [3.8, 4) is 0 Å². The third-order valence-electron chi connectivity index (χ3n) is 8.70. The first-order chi connectivity index (χ1) is 19.0. The minimum absolute atomic E-state index is 0.0217. The highest BCUT2D eigenvalue weighted by atomic mass is 35.5. The summed E-state index contributed by atoms with van der Waals surface area (Å²) >= 11 is 10.9. The van der Waals surface area contributed by atoms with E-state index in [1.54, 1.807) is 4.31 Å². The number of aryl methyl sites for hydroxylation is 3. The zero-order valence-electron chi connectivity index (χ0n) is 25.8. The van der Waals surface area contributed by atoms with Gasteiger partial charge >= 0.3 is 0 Å². The van der Waals surface area contributed by atoms with Gasteiger partial charge in [-0.3, -0.25) is 9.10 Å². The fourth-order valence-electron chi connectivity index (χ4n) is 5.39. The lowest BCUT2D eigenvalue weighted by molar-refractivity contribution is 0.0840. The number of halogens is 1. The Bertz CT molecular complexity index is 1100. The van der Waals surface area contributed by atoms with E-state index in [0.717, 1.165) is 62.0 Å². The molecule has 0 spiro atoms. The predicted molar refractivity (Wildman–Crippen MR) is 176 cm³/mol. The summed E-state index contributed by atoms with van der Waals surface area (Å²) in [5.74, 6) is 1.13. The lowest BCUT2D eigenvalue weighted by atomic mass is 9.85. The average Bonchev–Trinajstić information content (AvgIpc) is 2.95. The molecule has 1 N–H and O–H groups in total. The molecule has 0 aliphatic rings. The van der Waals surface area contributed by atoms with Gasteiger partial charge in [-0.15, -0.1) is 0 Å². The SMILES string of the molecule is CCCc1cc(Cl)ccc1C(CC)CCc1ccc(C(=O)N(S)C(C)CC/C=C/C(O)C(C)C(C)CC)cc1C. The molecule has 40 heavy (non-hydrogen) atoms. The summed E-state index contributed by atoms with van der Waals surface area (Å²) in [6.45, 7) is 15.0. The largest absolute Gasteiger partial charge is 0.389 e. The number of aliphatic hydroxyl groups excluding tert-OH is 1. The van der Waals surface area contributed by atoms with Crippen LogP contribution in [0.15, 0.2) is 48.6 Å². The fraction of sp³-hybridized carbons (Fsp3) is 0.571. The number of aliphatic hydroxyl groups is 1. The van der Waals surface area contributed by atoms with Crippen molar-refractivity contribution in [2.24, 2.45) is 11.8 Å². The quantitative estimate of drug-likeness (QED) is 0.152. The fourth-order valence-corrected chi connectivity index (χ4v) is 5.81. The molecule has 0 aliphatic carbocycles. The second-order valence-electron chi connectivity index (χ2n) is 11.6. The van der Waals surface area contributed by atoms with Crippen LogP contribution >= 0.6 is 24.4 Å². The molecule has 3 nitrogen and oxygen atoms in total. The molecule has 0 heterocycles. The molecule has 0 bridgehead atoms. The minimum atomic E-state index is -0.433. The highest BCUT2D eigenvalue weighted by Gasteiger charge is 2.20. The number of amides is 1. The van der Waals surface area contributed by atoms with Crippen LogP contribution in [0.4, 0.5) is 0 Å². The van der Waals surface area contributed by atoms with Gasteiger partial charge in [0, 0.05) is 16.6 Å². The molecule has 0 aromatic heterocycles. The van der Waals surface area contributed by atoms with Crippen LogP contribution in [-0.4, -0.2) is 27.5 Å². The maximum absolute atomic E-state index is 13.2. The van der Waals surface area contributed by atoms with Crippen LogP contribution in [0.1, 0.15) is 119 Å². The molecule has 0 saturated carbocycles. The maximum Gasteiger partial charge on any atom is 0.263 e. The number of thiol groups is 1. The summed E-state index contributed by atoms with van der Waals surface area (Å²) in [5.41, 5.74) is 5.90. The topological polar surface area (TPSA) is 40.5 Å². The summed E-state index contributed by atoms with van der Waals surface area (Å²) < 4.78 is 1.55. The van der Waals surface area contributed by atoms with E-state index in [9.17, 15) is 9.90 Å². The normalized spacial score (nSPS) is 15.6. The summed E-state index contributed by atoms with van der Waals surface area (Å²) in [7, 11) is 0. The number of hydrogen-bond donors (Lipinski definition) is 2. The molecule has 2 aromatic carbocycles. The molecule has 0 aliphatic heterocycles. The van der Waals surface area contributed by atoms with Crippen molar-refractivity contribution in [2.45, 2.75) is 118 Å². The van der Waals surface area contributed by atoms with E-state index in [-0.39, 0.29) is 17.9 Å². The molecule has 0 radical (unpaired) electrons. The summed E-state index contributed by atoms with van der Waals surface area (Å²) in [6, 6.07) is 12.4. The molecule has 2 aromatic rings. The number of rotatable bonds is 16. The first-order valence-electron chi connectivity index (χ1n) is 15.3. The van der Waals surface area contributed by atoms with Crippen molar-refractivity contribution in [3.63, 3.8) is 0 Å². The summed E-state index contributed by atoms with van der Waals surface area (Å²) in [5, 5.41) is 11.2. The van der Waals surface area contributed by atoms with Crippen LogP contribution in [0.2, 0.25) is 5.02 Å². The predicted octanol–water partition coefficient (Wildman–Crippen LogP) is 9.78. The monoisotopic (exact) mass is 585 g/mol. The van der Waals surface area contributed by atoms with Gasteiger partial charge in [0.15, 0.2) is 0 Å². The van der Waals surface area contributed by atoms with Gasteiger partial charge in [0.05, 0.1) is 6.10 Å². The van der Waals surface area contributed by atoms with Crippen LogP contribution < -0.4 is 0 Å². The van der Waals surface area contributed by atoms with E-state index in [4.69, 9.17) is 11.6 Å². The Morgan fingerprint density at radius 1 is 1.00 bits per heavy atom. The molecule has 2 rings (SSSR count). The van der Waals surface area contributed by atoms with E-state index in [1.165, 1.54) is 16.7 Å². The van der Waals surface area contributed by atoms with Gasteiger partial charge in [0.2, 0.25) is 0 Å². The molecule has 5 unspecified atom stereocenters. The van der Waals surface area contributed by atoms with Gasteiger partial charge in [-0.05, 0) is 117 Å². The van der Waals surface area contributed by atoms with Gasteiger partial charge in [0.1, 0.15) is 0 Å². The van der Waals surface area contributed by atoms with Gasteiger partial charge < -0.3 is 5.11 Å². The van der Waals surface area contributed by atoms with Crippen molar-refractivity contribution in [2.75, 3.05) is 0 Å². The average molecular weight is 586 g/mol. The Morgan fingerprint density at radius 2 is 1.73 bits per heavy atom. The zero-order valence-corrected chi connectivity index (χ0v) is 27.4. The van der Waals surface area contributed by atoms with E-state index < -0.39 is 6.10 Å². The second-order valence-corrected chi connectivity index (χ2v) is 12.5. The number of benzene rings is 2. The van der Waals surface area contributed by atoms with Gasteiger partial charge in [-0.2, -0.15) is 0 Å². The Morgan fingerprint density at radius 3 is 2.35 bits per heavy atom. The van der Waals surface area contributed by atoms with Crippen molar-refractivity contribution < 1.29 is 9.90 Å². The molecular weight excluding hydrogens is 534 g/mol. The maximum atomic E-state index is 13.2. The standard InChI is InChI=1S/C35H52ClNO2S/c1-8-13-30-23-32(36)20-21-33(30)28(10-3)16-17-29-18-19-31(22-25(29)5)35(39)37(40)26(6)14-11-12-15-34(38)27(7)24(4)9-2/h12,15,18-24,26-28,34,38,40H,8-11,13-14,16-17H2,1-7H3/b15-12+. The van der Waals surface area contributed by atoms with Crippen LogP contribution in [0.5, 0.6) is 0 Å². The van der Waals surface area contributed by atoms with Crippen molar-refractivity contribution >= 4 is 30.3 Å². The van der Waals surface area contributed by atoms with E-state index >= 15 is 0 Å². The molecule has 0 saturated heterocycles. The lowest BCUT2D eigenvalue weighted by Gasteiger charge is -2.24. The highest BCUT2D eigenvalue weighted by Crippen LogP contribution is 2.31. The third kappa shape index (κ3) is 9.96. The number of allylic oxidation sites excluding steroid dienone is 1. The van der Waals surface area contributed by atoms with Gasteiger partial charge in [0.25, 0.3) is 5.91 Å². The zero-order chi connectivity index (χ0) is 29.8. The van der Waals surface area contributed by atoms with Crippen molar-refractivity contribution in [3.05, 3.63) is 81.4 Å². The van der Waals surface area contributed by atoms with Crippen LogP contribution in [0.3, 0.4) is 0 Å². The first kappa shape index (κ1) is 34.5. The number of nitrogens with zero attached hydrogens (tertiary/aromatic N) is 1. The van der Waals surface area contributed by atoms with E-state index in [2.05, 4.69) is 72.6 Å². The number of carbonyl (C=O) groups excluding carboxylic acids is 1. The lowest BCUT2D eigenvalue weighted by Crippen LogP contribution is -2.30. The summed E-state index contributed by atoms with van der Waals surface area (Å²) in [6.07, 6.45) is 11.4. The van der Waals surface area contributed by atoms with Crippen molar-refractivity contribution in [1.29, 1.82) is 0 Å². The first-order valence-corrected chi connectivity index (χ1v) is 16.1. The van der Waals surface area contributed by atoms with E-state index in [0.29, 0.717) is 17.4 Å². The minimum Gasteiger partial charge on any atom is -0.389 e. The third-order valence-corrected chi connectivity index (χ3v) is 9.51. The van der Waals surface area contributed by atoms with Crippen LogP contribution in [0, 0.1) is 18.8 Å². The molecule has 5 heteroatoms. The Hall–Kier alpha value is -1.75. The Labute approximate surface area is 255 Å². The van der Waals surface area contributed by atoms with Gasteiger partial charge in [-0.25, -0.2) is 0 Å². The number of hydrogen-bond acceptors (Lipinski definition) is 3. The van der Waals surface area contributed by atoms with Crippen LogP contribution in [0.25, 0.3) is 0 Å². The molecular formula is C35H52ClNO2S. The molecule has 222 valence electrons. The second kappa shape index (κ2) is 17.3. The molecule has 5 atom stereocenters. The highest BCUT2D eigenvalue weighted by molar-refractivity contribution is 7.78.